The number of H-pyrrole nitrogens is 3. The fourth-order valence-corrected chi connectivity index (χ4v) is 1.48. The lowest BCUT2D eigenvalue weighted by molar-refractivity contribution is 1.07. The van der Waals surface area contributed by atoms with Crippen LogP contribution in [0.5, 0.6) is 0 Å². The minimum atomic E-state index is -0.598. The van der Waals surface area contributed by atoms with E-state index in [1.807, 2.05) is 0 Å². The van der Waals surface area contributed by atoms with Crippen molar-refractivity contribution >= 4 is 11.2 Å². The van der Waals surface area contributed by atoms with Crippen LogP contribution in [0, 0.1) is 0 Å². The standard InChI is InChI=1S/C9H6N6O2/c16-8-5-7(14-9(17)15-8)13-6(12-5)4-3-10-1-2-11-4/h1-3H,(H3,12,13,14,15,16,17). The van der Waals surface area contributed by atoms with Crippen molar-refractivity contribution in [2.24, 2.45) is 0 Å². The Bertz CT molecular complexity index is 784. The summed E-state index contributed by atoms with van der Waals surface area (Å²) < 4.78 is 0. The molecule has 0 amide bonds. The lowest BCUT2D eigenvalue weighted by Crippen LogP contribution is -2.21. The maximum absolute atomic E-state index is 11.5. The molecule has 0 atom stereocenters. The van der Waals surface area contributed by atoms with Gasteiger partial charge in [-0.25, -0.2) is 14.8 Å². The van der Waals surface area contributed by atoms with Crippen LogP contribution >= 0.6 is 0 Å². The highest BCUT2D eigenvalue weighted by Gasteiger charge is 2.09. The van der Waals surface area contributed by atoms with Gasteiger partial charge >= 0.3 is 5.69 Å². The third kappa shape index (κ3) is 1.51. The summed E-state index contributed by atoms with van der Waals surface area (Å²) in [5.74, 6) is 0.375. The summed E-state index contributed by atoms with van der Waals surface area (Å²) in [7, 11) is 0. The number of fused-ring (bicyclic) bond motifs is 1. The average molecular weight is 230 g/mol. The Morgan fingerprint density at radius 1 is 1.06 bits per heavy atom. The van der Waals surface area contributed by atoms with Crippen molar-refractivity contribution in [2.75, 3.05) is 0 Å². The number of imidazole rings is 1. The molecule has 3 heterocycles. The molecule has 0 spiro atoms. The normalized spacial score (nSPS) is 10.8. The van der Waals surface area contributed by atoms with E-state index in [0.29, 0.717) is 11.5 Å². The van der Waals surface area contributed by atoms with Crippen LogP contribution in [-0.4, -0.2) is 29.9 Å². The molecule has 3 N–H and O–H groups in total. The minimum absolute atomic E-state index is 0.194. The number of nitrogens with zero attached hydrogens (tertiary/aromatic N) is 3. The highest BCUT2D eigenvalue weighted by Crippen LogP contribution is 2.12. The fraction of sp³-hybridized carbons (Fsp3) is 0. The molecule has 0 saturated carbocycles. The molecule has 0 bridgehead atoms. The topological polar surface area (TPSA) is 120 Å². The van der Waals surface area contributed by atoms with Gasteiger partial charge in [-0.15, -0.1) is 0 Å². The summed E-state index contributed by atoms with van der Waals surface area (Å²) in [6, 6.07) is 0. The summed E-state index contributed by atoms with van der Waals surface area (Å²) in [5, 5.41) is 0. The van der Waals surface area contributed by atoms with Gasteiger partial charge in [0.15, 0.2) is 11.5 Å². The summed E-state index contributed by atoms with van der Waals surface area (Å²) in [5.41, 5.74) is -0.236. The molecule has 17 heavy (non-hydrogen) atoms. The molecule has 0 aliphatic heterocycles. The van der Waals surface area contributed by atoms with Crippen molar-refractivity contribution in [3.63, 3.8) is 0 Å². The Balaban J connectivity index is 2.31. The molecule has 84 valence electrons. The van der Waals surface area contributed by atoms with E-state index in [0.717, 1.165) is 0 Å². The van der Waals surface area contributed by atoms with E-state index in [9.17, 15) is 9.59 Å². The molecular formula is C9H6N6O2. The van der Waals surface area contributed by atoms with Gasteiger partial charge in [0.05, 0.1) is 6.20 Å². The third-order valence-electron chi connectivity index (χ3n) is 2.20. The van der Waals surface area contributed by atoms with Gasteiger partial charge in [0.1, 0.15) is 11.2 Å². The molecule has 0 radical (unpaired) electrons. The Kier molecular flexibility index (Phi) is 1.87. The molecule has 0 aromatic carbocycles. The van der Waals surface area contributed by atoms with Crippen molar-refractivity contribution < 1.29 is 0 Å². The van der Waals surface area contributed by atoms with Crippen molar-refractivity contribution in [3.8, 4) is 11.5 Å². The lowest BCUT2D eigenvalue weighted by atomic mass is 10.4. The summed E-state index contributed by atoms with van der Waals surface area (Å²) in [6.07, 6.45) is 4.54. The predicted octanol–water partition coefficient (Wildman–Crippen LogP) is -0.604. The fourth-order valence-electron chi connectivity index (χ4n) is 1.48. The molecule has 3 rings (SSSR count). The Labute approximate surface area is 92.8 Å². The first kappa shape index (κ1) is 9.46. The summed E-state index contributed by atoms with van der Waals surface area (Å²) in [4.78, 5) is 41.8. The van der Waals surface area contributed by atoms with Crippen LogP contribution in [0.2, 0.25) is 0 Å². The van der Waals surface area contributed by atoms with Crippen LogP contribution < -0.4 is 11.2 Å². The highest BCUT2D eigenvalue weighted by molar-refractivity contribution is 5.73. The molecule has 0 fully saturated rings. The Morgan fingerprint density at radius 3 is 2.71 bits per heavy atom. The van der Waals surface area contributed by atoms with Crippen molar-refractivity contribution in [2.45, 2.75) is 0 Å². The molecule has 3 aromatic heterocycles. The van der Waals surface area contributed by atoms with Gasteiger partial charge in [-0.05, 0) is 0 Å². The molecular weight excluding hydrogens is 224 g/mol. The van der Waals surface area contributed by atoms with Crippen molar-refractivity contribution in [3.05, 3.63) is 39.4 Å². The smallest absolute Gasteiger partial charge is 0.327 e. The maximum atomic E-state index is 11.5. The van der Waals surface area contributed by atoms with E-state index >= 15 is 0 Å². The van der Waals surface area contributed by atoms with Crippen molar-refractivity contribution in [1.82, 2.24) is 29.9 Å². The first-order valence-electron chi connectivity index (χ1n) is 4.73. The molecule has 0 aliphatic rings. The van der Waals surface area contributed by atoms with Gasteiger partial charge in [0.25, 0.3) is 5.56 Å². The van der Waals surface area contributed by atoms with Gasteiger partial charge in [-0.1, -0.05) is 0 Å². The largest absolute Gasteiger partial charge is 0.331 e. The minimum Gasteiger partial charge on any atom is -0.331 e. The predicted molar refractivity (Wildman–Crippen MR) is 58.4 cm³/mol. The monoisotopic (exact) mass is 230 g/mol. The first-order valence-corrected chi connectivity index (χ1v) is 4.73. The molecule has 0 saturated heterocycles. The molecule has 0 aliphatic carbocycles. The Morgan fingerprint density at radius 2 is 1.94 bits per heavy atom. The average Bonchev–Trinajstić information content (AvgIpc) is 2.74. The number of nitrogens with one attached hydrogen (secondary N) is 3. The second-order valence-corrected chi connectivity index (χ2v) is 3.31. The zero-order valence-corrected chi connectivity index (χ0v) is 8.39. The second-order valence-electron chi connectivity index (χ2n) is 3.31. The summed E-state index contributed by atoms with van der Waals surface area (Å²) >= 11 is 0. The van der Waals surface area contributed by atoms with Gasteiger partial charge in [0.2, 0.25) is 0 Å². The van der Waals surface area contributed by atoms with E-state index in [-0.39, 0.29) is 11.2 Å². The number of hydrogen-bond acceptors (Lipinski definition) is 5. The SMILES string of the molecule is O=c1[nH]c(=O)c2[nH]c(-c3cnccn3)nc2[nH]1. The molecule has 0 unspecified atom stereocenters. The molecule has 8 nitrogen and oxygen atoms in total. The van der Waals surface area contributed by atoms with Gasteiger partial charge in [-0.3, -0.25) is 19.7 Å². The zero-order chi connectivity index (χ0) is 11.8. The van der Waals surface area contributed by atoms with Crippen LogP contribution in [0.4, 0.5) is 0 Å². The van der Waals surface area contributed by atoms with Crippen LogP contribution in [0.15, 0.2) is 28.2 Å². The van der Waals surface area contributed by atoms with Crippen LogP contribution in [0.3, 0.4) is 0 Å². The Hall–Kier alpha value is -2.77. The van der Waals surface area contributed by atoms with Crippen LogP contribution in [-0.2, 0) is 0 Å². The second kappa shape index (κ2) is 3.37. The van der Waals surface area contributed by atoms with E-state index in [1.165, 1.54) is 18.6 Å². The van der Waals surface area contributed by atoms with E-state index in [1.54, 1.807) is 0 Å². The highest BCUT2D eigenvalue weighted by atomic mass is 16.2. The lowest BCUT2D eigenvalue weighted by Gasteiger charge is -1.91. The van der Waals surface area contributed by atoms with E-state index < -0.39 is 11.2 Å². The quantitative estimate of drug-likeness (QED) is 0.515. The molecule has 8 heteroatoms. The van der Waals surface area contributed by atoms with Crippen LogP contribution in [0.1, 0.15) is 0 Å². The van der Waals surface area contributed by atoms with Gasteiger partial charge in [-0.2, -0.15) is 0 Å². The van der Waals surface area contributed by atoms with Gasteiger partial charge < -0.3 is 4.98 Å². The van der Waals surface area contributed by atoms with Gasteiger partial charge in [0, 0.05) is 12.4 Å². The third-order valence-corrected chi connectivity index (χ3v) is 2.20. The maximum Gasteiger partial charge on any atom is 0.327 e. The summed E-state index contributed by atoms with van der Waals surface area (Å²) in [6.45, 7) is 0. The number of rotatable bonds is 1. The first-order chi connectivity index (χ1) is 8.24. The number of aromatic amines is 3. The van der Waals surface area contributed by atoms with E-state index in [4.69, 9.17) is 0 Å². The zero-order valence-electron chi connectivity index (χ0n) is 8.39. The number of aromatic nitrogens is 6. The molecule has 3 aromatic rings. The van der Waals surface area contributed by atoms with E-state index in [2.05, 4.69) is 29.9 Å². The van der Waals surface area contributed by atoms with Crippen LogP contribution in [0.25, 0.3) is 22.7 Å². The number of hydrogen-bond donors (Lipinski definition) is 3. The van der Waals surface area contributed by atoms with Crippen molar-refractivity contribution in [1.29, 1.82) is 0 Å².